The van der Waals surface area contributed by atoms with Gasteiger partial charge in [0.1, 0.15) is 0 Å². The van der Waals surface area contributed by atoms with Gasteiger partial charge in [-0.3, -0.25) is 4.79 Å². The fourth-order valence-electron chi connectivity index (χ4n) is 1.69. The molecule has 116 valence electrons. The molecule has 0 bridgehead atoms. The van der Waals surface area contributed by atoms with Gasteiger partial charge in [-0.15, -0.1) is 0 Å². The first kappa shape index (κ1) is 17.0. The molecule has 1 amide bonds. The van der Waals surface area contributed by atoms with Gasteiger partial charge in [0.2, 0.25) is 5.91 Å². The van der Waals surface area contributed by atoms with E-state index in [9.17, 15) is 4.79 Å². The summed E-state index contributed by atoms with van der Waals surface area (Å²) in [6.45, 7) is 5.48. The molecule has 0 aliphatic carbocycles. The van der Waals surface area contributed by atoms with Crippen molar-refractivity contribution in [2.45, 2.75) is 20.3 Å². The molecule has 0 radical (unpaired) electrons. The number of amides is 1. The maximum atomic E-state index is 11.5. The lowest BCUT2D eigenvalue weighted by molar-refractivity contribution is -0.116. The van der Waals surface area contributed by atoms with Crippen molar-refractivity contribution in [2.75, 3.05) is 26.4 Å². The zero-order valence-electron chi connectivity index (χ0n) is 12.6. The Morgan fingerprint density at radius 2 is 1.95 bits per heavy atom. The molecule has 1 aromatic rings. The molecule has 0 aromatic heterocycles. The van der Waals surface area contributed by atoms with Gasteiger partial charge in [-0.1, -0.05) is 6.07 Å². The normalized spacial score (nSPS) is 10.6. The molecule has 0 aliphatic heterocycles. The van der Waals surface area contributed by atoms with Crippen molar-refractivity contribution in [1.82, 2.24) is 5.32 Å². The Hall–Kier alpha value is -2.01. The van der Waals surface area contributed by atoms with Crippen molar-refractivity contribution in [3.05, 3.63) is 29.8 Å². The number of ether oxygens (including phenoxy) is 2. The van der Waals surface area contributed by atoms with E-state index in [1.807, 2.05) is 32.0 Å². The largest absolute Gasteiger partial charge is 0.490 e. The van der Waals surface area contributed by atoms with Crippen molar-refractivity contribution >= 4 is 12.0 Å². The fourth-order valence-corrected chi connectivity index (χ4v) is 1.69. The molecule has 2 N–H and O–H groups in total. The van der Waals surface area contributed by atoms with Crippen LogP contribution >= 0.6 is 0 Å². The molecule has 1 rings (SSSR count). The molecular weight excluding hydrogens is 270 g/mol. The Labute approximate surface area is 125 Å². The second-order valence-corrected chi connectivity index (χ2v) is 4.27. The highest BCUT2D eigenvalue weighted by atomic mass is 16.5. The summed E-state index contributed by atoms with van der Waals surface area (Å²) in [5.41, 5.74) is 0.860. The van der Waals surface area contributed by atoms with Crippen LogP contribution in [0.15, 0.2) is 24.3 Å². The van der Waals surface area contributed by atoms with Crippen molar-refractivity contribution in [1.29, 1.82) is 0 Å². The third-order valence-electron chi connectivity index (χ3n) is 2.63. The summed E-state index contributed by atoms with van der Waals surface area (Å²) in [5.74, 6) is 1.18. The highest BCUT2D eigenvalue weighted by Gasteiger charge is 2.05. The van der Waals surface area contributed by atoms with Gasteiger partial charge in [0.25, 0.3) is 0 Å². The molecule has 0 atom stereocenters. The molecule has 1 aromatic carbocycles. The highest BCUT2D eigenvalue weighted by molar-refractivity contribution is 5.91. The molecule has 5 nitrogen and oxygen atoms in total. The molecule has 0 aliphatic rings. The molecule has 21 heavy (non-hydrogen) atoms. The van der Waals surface area contributed by atoms with E-state index in [2.05, 4.69) is 5.32 Å². The third-order valence-corrected chi connectivity index (χ3v) is 2.63. The summed E-state index contributed by atoms with van der Waals surface area (Å²) in [7, 11) is 0. The minimum absolute atomic E-state index is 0.0700. The lowest BCUT2D eigenvalue weighted by Gasteiger charge is -2.11. The van der Waals surface area contributed by atoms with Gasteiger partial charge in [-0.2, -0.15) is 0 Å². The number of hydrogen-bond acceptors (Lipinski definition) is 4. The Balaban J connectivity index is 2.70. The molecular formula is C16H23NO4. The van der Waals surface area contributed by atoms with Crippen molar-refractivity contribution in [2.24, 2.45) is 0 Å². The number of carbonyl (C=O) groups excluding carboxylic acids is 1. The minimum Gasteiger partial charge on any atom is -0.490 e. The Morgan fingerprint density at radius 3 is 2.62 bits per heavy atom. The van der Waals surface area contributed by atoms with E-state index < -0.39 is 0 Å². The van der Waals surface area contributed by atoms with Gasteiger partial charge in [0, 0.05) is 19.2 Å². The van der Waals surface area contributed by atoms with E-state index >= 15 is 0 Å². The first-order chi connectivity index (χ1) is 10.2. The molecule has 0 heterocycles. The average molecular weight is 293 g/mol. The van der Waals surface area contributed by atoms with Crippen LogP contribution < -0.4 is 14.8 Å². The quantitative estimate of drug-likeness (QED) is 0.540. The number of aliphatic hydroxyl groups excluding tert-OH is 1. The summed E-state index contributed by atoms with van der Waals surface area (Å²) in [4.78, 5) is 11.5. The maximum Gasteiger partial charge on any atom is 0.244 e. The van der Waals surface area contributed by atoms with Crippen LogP contribution in [-0.2, 0) is 4.79 Å². The van der Waals surface area contributed by atoms with Gasteiger partial charge < -0.3 is 19.9 Å². The van der Waals surface area contributed by atoms with Crippen LogP contribution in [-0.4, -0.2) is 37.4 Å². The third kappa shape index (κ3) is 6.31. The lowest BCUT2D eigenvalue weighted by atomic mass is 10.2. The van der Waals surface area contributed by atoms with Crippen molar-refractivity contribution < 1.29 is 19.4 Å². The molecule has 0 saturated heterocycles. The Kier molecular flexibility index (Phi) is 7.97. The van der Waals surface area contributed by atoms with Crippen LogP contribution in [0.25, 0.3) is 6.08 Å². The maximum absolute atomic E-state index is 11.5. The van der Waals surface area contributed by atoms with Crippen molar-refractivity contribution in [3.63, 3.8) is 0 Å². The van der Waals surface area contributed by atoms with Crippen LogP contribution in [0.5, 0.6) is 11.5 Å². The van der Waals surface area contributed by atoms with Gasteiger partial charge in [0.15, 0.2) is 11.5 Å². The summed E-state index contributed by atoms with van der Waals surface area (Å²) in [6.07, 6.45) is 3.73. The first-order valence-electron chi connectivity index (χ1n) is 7.17. The predicted molar refractivity (Wildman–Crippen MR) is 82.5 cm³/mol. The monoisotopic (exact) mass is 293 g/mol. The van der Waals surface area contributed by atoms with E-state index in [4.69, 9.17) is 14.6 Å². The van der Waals surface area contributed by atoms with Crippen molar-refractivity contribution in [3.8, 4) is 11.5 Å². The second kappa shape index (κ2) is 9.83. The fraction of sp³-hybridized carbons (Fsp3) is 0.438. The molecule has 0 saturated carbocycles. The number of hydrogen-bond donors (Lipinski definition) is 2. The molecule has 5 heteroatoms. The summed E-state index contributed by atoms with van der Waals surface area (Å²) in [6, 6.07) is 5.54. The first-order valence-corrected chi connectivity index (χ1v) is 7.17. The van der Waals surface area contributed by atoms with E-state index in [0.29, 0.717) is 37.7 Å². The summed E-state index contributed by atoms with van der Waals surface area (Å²) >= 11 is 0. The van der Waals surface area contributed by atoms with Gasteiger partial charge in [0.05, 0.1) is 13.2 Å². The van der Waals surface area contributed by atoms with E-state index in [-0.39, 0.29) is 12.5 Å². The van der Waals surface area contributed by atoms with E-state index in [1.54, 1.807) is 6.08 Å². The zero-order chi connectivity index (χ0) is 15.5. The number of benzene rings is 1. The minimum atomic E-state index is -0.185. The lowest BCUT2D eigenvalue weighted by Crippen LogP contribution is -2.22. The van der Waals surface area contributed by atoms with E-state index in [1.165, 1.54) is 6.08 Å². The zero-order valence-corrected chi connectivity index (χ0v) is 12.6. The number of nitrogens with one attached hydrogen (secondary N) is 1. The second-order valence-electron chi connectivity index (χ2n) is 4.27. The summed E-state index contributed by atoms with van der Waals surface area (Å²) < 4.78 is 11.0. The average Bonchev–Trinajstić information content (AvgIpc) is 2.48. The molecule has 0 spiro atoms. The predicted octanol–water partition coefficient (Wildman–Crippen LogP) is 2.00. The molecule has 0 fully saturated rings. The van der Waals surface area contributed by atoms with Crippen LogP contribution in [0.1, 0.15) is 25.8 Å². The van der Waals surface area contributed by atoms with Crippen LogP contribution in [0.2, 0.25) is 0 Å². The Morgan fingerprint density at radius 1 is 1.24 bits per heavy atom. The molecule has 0 unspecified atom stereocenters. The number of carbonyl (C=O) groups is 1. The topological polar surface area (TPSA) is 67.8 Å². The smallest absolute Gasteiger partial charge is 0.244 e. The highest BCUT2D eigenvalue weighted by Crippen LogP contribution is 2.28. The Bertz CT molecular complexity index is 471. The van der Waals surface area contributed by atoms with Crippen LogP contribution in [0.4, 0.5) is 0 Å². The van der Waals surface area contributed by atoms with E-state index in [0.717, 1.165) is 5.56 Å². The van der Waals surface area contributed by atoms with Crippen LogP contribution in [0.3, 0.4) is 0 Å². The summed E-state index contributed by atoms with van der Waals surface area (Å²) in [5, 5.41) is 11.3. The number of rotatable bonds is 9. The standard InChI is InChI=1S/C16H23NO4/c1-3-20-14-8-6-13(12-15(14)21-4-2)7-9-16(19)17-10-5-11-18/h6-9,12,18H,3-5,10-11H2,1-2H3,(H,17,19)/b9-7+. The SMILES string of the molecule is CCOc1ccc(/C=C/C(=O)NCCCO)cc1OCC. The number of aliphatic hydroxyl groups is 1. The van der Waals surface area contributed by atoms with Gasteiger partial charge in [-0.25, -0.2) is 0 Å². The van der Waals surface area contributed by atoms with Crippen LogP contribution in [0, 0.1) is 0 Å². The van der Waals surface area contributed by atoms with Gasteiger partial charge >= 0.3 is 0 Å². The van der Waals surface area contributed by atoms with Gasteiger partial charge in [-0.05, 0) is 44.0 Å².